The molecule has 114 valence electrons. The van der Waals surface area contributed by atoms with E-state index in [2.05, 4.69) is 5.32 Å². The molecule has 1 aliphatic rings. The van der Waals surface area contributed by atoms with Gasteiger partial charge in [0.15, 0.2) is 0 Å². The Morgan fingerprint density at radius 2 is 2.00 bits per heavy atom. The average molecular weight is 288 g/mol. The number of carbonyl (C=O) groups is 2. The summed E-state index contributed by atoms with van der Waals surface area (Å²) in [4.78, 5) is 25.7. The van der Waals surface area contributed by atoms with Crippen molar-refractivity contribution in [2.45, 2.75) is 38.5 Å². The molecular weight excluding hydrogens is 264 g/mol. The first-order valence-electron chi connectivity index (χ1n) is 7.63. The van der Waals surface area contributed by atoms with E-state index < -0.39 is 5.41 Å². The van der Waals surface area contributed by atoms with Crippen LogP contribution in [0.2, 0.25) is 0 Å². The van der Waals surface area contributed by atoms with E-state index in [0.29, 0.717) is 13.0 Å². The van der Waals surface area contributed by atoms with Gasteiger partial charge in [-0.3, -0.25) is 9.59 Å². The Bertz CT molecular complexity index is 497. The maximum atomic E-state index is 12.3. The van der Waals surface area contributed by atoms with E-state index in [1.165, 1.54) is 0 Å². The molecule has 0 atom stereocenters. The standard InChI is InChI=1S/C17H24N2O2/c1-17(2,14-8-4-3-5-9-14)16(21)18-11-7-13-19-12-6-10-15(19)20/h3-5,8-9H,6-7,10-13H2,1-2H3,(H,18,21). The van der Waals surface area contributed by atoms with E-state index in [-0.39, 0.29) is 11.8 Å². The highest BCUT2D eigenvalue weighted by Crippen LogP contribution is 2.22. The summed E-state index contributed by atoms with van der Waals surface area (Å²) in [5.74, 6) is 0.271. The third-order valence-electron chi connectivity index (χ3n) is 4.12. The van der Waals surface area contributed by atoms with Gasteiger partial charge < -0.3 is 10.2 Å². The average Bonchev–Trinajstić information content (AvgIpc) is 2.89. The van der Waals surface area contributed by atoms with Crippen molar-refractivity contribution >= 4 is 11.8 Å². The number of likely N-dealkylation sites (tertiary alicyclic amines) is 1. The first-order chi connectivity index (χ1) is 10.0. The molecule has 1 fully saturated rings. The van der Waals surface area contributed by atoms with E-state index in [0.717, 1.165) is 31.5 Å². The largest absolute Gasteiger partial charge is 0.355 e. The van der Waals surface area contributed by atoms with Gasteiger partial charge in [-0.05, 0) is 32.3 Å². The molecule has 1 aromatic rings. The van der Waals surface area contributed by atoms with Crippen molar-refractivity contribution in [3.05, 3.63) is 35.9 Å². The molecule has 0 spiro atoms. The van der Waals surface area contributed by atoms with Crippen LogP contribution in [-0.4, -0.2) is 36.3 Å². The molecule has 2 amide bonds. The molecule has 0 unspecified atom stereocenters. The minimum absolute atomic E-state index is 0.0291. The Morgan fingerprint density at radius 1 is 1.29 bits per heavy atom. The predicted octanol–water partition coefficient (Wildman–Crippen LogP) is 2.09. The highest BCUT2D eigenvalue weighted by molar-refractivity contribution is 5.87. The Kier molecular flexibility index (Phi) is 4.99. The number of hydrogen-bond acceptors (Lipinski definition) is 2. The highest BCUT2D eigenvalue weighted by atomic mass is 16.2. The second kappa shape index (κ2) is 6.74. The number of amides is 2. The van der Waals surface area contributed by atoms with Gasteiger partial charge in [0.1, 0.15) is 0 Å². The van der Waals surface area contributed by atoms with Crippen molar-refractivity contribution in [1.29, 1.82) is 0 Å². The fraction of sp³-hybridized carbons (Fsp3) is 0.529. The molecule has 0 radical (unpaired) electrons. The smallest absolute Gasteiger partial charge is 0.230 e. The maximum Gasteiger partial charge on any atom is 0.230 e. The minimum atomic E-state index is -0.537. The Morgan fingerprint density at radius 3 is 2.62 bits per heavy atom. The van der Waals surface area contributed by atoms with E-state index in [9.17, 15) is 9.59 Å². The van der Waals surface area contributed by atoms with Crippen LogP contribution >= 0.6 is 0 Å². The van der Waals surface area contributed by atoms with Gasteiger partial charge in [-0.2, -0.15) is 0 Å². The Labute approximate surface area is 126 Å². The lowest BCUT2D eigenvalue weighted by molar-refractivity contribution is -0.127. The van der Waals surface area contributed by atoms with Crippen LogP contribution in [0.3, 0.4) is 0 Å². The maximum absolute atomic E-state index is 12.3. The number of nitrogens with one attached hydrogen (secondary N) is 1. The van der Waals surface area contributed by atoms with Crippen molar-refractivity contribution in [2.75, 3.05) is 19.6 Å². The first kappa shape index (κ1) is 15.5. The number of carbonyl (C=O) groups excluding carboxylic acids is 2. The minimum Gasteiger partial charge on any atom is -0.355 e. The molecule has 0 aliphatic carbocycles. The van der Waals surface area contributed by atoms with Crippen LogP contribution in [0.25, 0.3) is 0 Å². The molecular formula is C17H24N2O2. The molecule has 0 saturated carbocycles. The molecule has 21 heavy (non-hydrogen) atoms. The topological polar surface area (TPSA) is 49.4 Å². The fourth-order valence-corrected chi connectivity index (χ4v) is 2.62. The van der Waals surface area contributed by atoms with Crippen molar-refractivity contribution in [3.63, 3.8) is 0 Å². The summed E-state index contributed by atoms with van der Waals surface area (Å²) in [7, 11) is 0. The van der Waals surface area contributed by atoms with Crippen LogP contribution in [0.5, 0.6) is 0 Å². The van der Waals surface area contributed by atoms with Gasteiger partial charge in [0.2, 0.25) is 11.8 Å². The lowest BCUT2D eigenvalue weighted by Gasteiger charge is -2.24. The molecule has 1 heterocycles. The lowest BCUT2D eigenvalue weighted by atomic mass is 9.84. The lowest BCUT2D eigenvalue weighted by Crippen LogP contribution is -2.41. The van der Waals surface area contributed by atoms with Crippen molar-refractivity contribution < 1.29 is 9.59 Å². The van der Waals surface area contributed by atoms with Gasteiger partial charge in [-0.15, -0.1) is 0 Å². The van der Waals surface area contributed by atoms with Crippen LogP contribution < -0.4 is 5.32 Å². The van der Waals surface area contributed by atoms with E-state index >= 15 is 0 Å². The second-order valence-electron chi connectivity index (χ2n) is 6.08. The Balaban J connectivity index is 1.77. The quantitative estimate of drug-likeness (QED) is 0.815. The summed E-state index contributed by atoms with van der Waals surface area (Å²) >= 11 is 0. The Hall–Kier alpha value is -1.84. The summed E-state index contributed by atoms with van der Waals surface area (Å²) in [5, 5.41) is 2.98. The van der Waals surface area contributed by atoms with Crippen LogP contribution in [0.4, 0.5) is 0 Å². The van der Waals surface area contributed by atoms with Crippen LogP contribution in [0.15, 0.2) is 30.3 Å². The normalized spacial score (nSPS) is 15.3. The summed E-state index contributed by atoms with van der Waals surface area (Å²) < 4.78 is 0. The molecule has 1 N–H and O–H groups in total. The van der Waals surface area contributed by atoms with E-state index in [4.69, 9.17) is 0 Å². The zero-order chi connectivity index (χ0) is 15.3. The van der Waals surface area contributed by atoms with Gasteiger partial charge in [0.25, 0.3) is 0 Å². The molecule has 4 heteroatoms. The third-order valence-corrected chi connectivity index (χ3v) is 4.12. The van der Waals surface area contributed by atoms with Gasteiger partial charge >= 0.3 is 0 Å². The van der Waals surface area contributed by atoms with E-state index in [1.807, 2.05) is 49.1 Å². The van der Waals surface area contributed by atoms with Crippen LogP contribution in [-0.2, 0) is 15.0 Å². The van der Waals surface area contributed by atoms with Crippen molar-refractivity contribution in [3.8, 4) is 0 Å². The zero-order valence-corrected chi connectivity index (χ0v) is 12.9. The monoisotopic (exact) mass is 288 g/mol. The SMILES string of the molecule is CC(C)(C(=O)NCCCN1CCCC1=O)c1ccccc1. The van der Waals surface area contributed by atoms with Crippen molar-refractivity contribution in [1.82, 2.24) is 10.2 Å². The number of hydrogen-bond donors (Lipinski definition) is 1. The molecule has 4 nitrogen and oxygen atoms in total. The van der Waals surface area contributed by atoms with Crippen LogP contribution in [0.1, 0.15) is 38.7 Å². The summed E-state index contributed by atoms with van der Waals surface area (Å²) in [5.41, 5.74) is 0.474. The molecule has 1 aliphatic heterocycles. The van der Waals surface area contributed by atoms with Gasteiger partial charge in [0.05, 0.1) is 5.41 Å². The molecule has 2 rings (SSSR count). The molecule has 0 bridgehead atoms. The number of rotatable bonds is 6. The molecule has 1 saturated heterocycles. The van der Waals surface area contributed by atoms with Gasteiger partial charge in [0, 0.05) is 26.1 Å². The van der Waals surface area contributed by atoms with Crippen LogP contribution in [0, 0.1) is 0 Å². The van der Waals surface area contributed by atoms with Gasteiger partial charge in [-0.25, -0.2) is 0 Å². The summed E-state index contributed by atoms with van der Waals surface area (Å²) in [6, 6.07) is 9.79. The predicted molar refractivity (Wildman–Crippen MR) is 82.9 cm³/mol. The second-order valence-corrected chi connectivity index (χ2v) is 6.08. The molecule has 0 aromatic heterocycles. The number of nitrogens with zero attached hydrogens (tertiary/aromatic N) is 1. The highest BCUT2D eigenvalue weighted by Gasteiger charge is 2.29. The first-order valence-corrected chi connectivity index (χ1v) is 7.63. The van der Waals surface area contributed by atoms with Gasteiger partial charge in [-0.1, -0.05) is 30.3 Å². The summed E-state index contributed by atoms with van der Waals surface area (Å²) in [6.45, 7) is 6.08. The van der Waals surface area contributed by atoms with Crippen molar-refractivity contribution in [2.24, 2.45) is 0 Å². The number of benzene rings is 1. The van der Waals surface area contributed by atoms with E-state index in [1.54, 1.807) is 0 Å². The summed E-state index contributed by atoms with van der Waals surface area (Å²) in [6.07, 6.45) is 2.45. The zero-order valence-electron chi connectivity index (χ0n) is 12.9. The third kappa shape index (κ3) is 3.84. The fourth-order valence-electron chi connectivity index (χ4n) is 2.62. The molecule has 1 aromatic carbocycles.